The van der Waals surface area contributed by atoms with Gasteiger partial charge >= 0.3 is 0 Å². The number of aromatic hydroxyl groups is 1. The number of aryl methyl sites for hydroxylation is 1. The second-order valence-corrected chi connectivity index (χ2v) is 5.09. The van der Waals surface area contributed by atoms with E-state index in [0.717, 1.165) is 15.3 Å². The van der Waals surface area contributed by atoms with Gasteiger partial charge in [-0.25, -0.2) is 14.4 Å². The van der Waals surface area contributed by atoms with E-state index in [1.807, 2.05) is 6.92 Å². The predicted octanol–water partition coefficient (Wildman–Crippen LogP) is 3.81. The minimum absolute atomic E-state index is 0.165. The van der Waals surface area contributed by atoms with Crippen LogP contribution in [0.2, 0.25) is 5.15 Å². The number of halogens is 3. The fourth-order valence-electron chi connectivity index (χ4n) is 1.53. The van der Waals surface area contributed by atoms with Gasteiger partial charge in [0.2, 0.25) is 0 Å². The van der Waals surface area contributed by atoms with Crippen LogP contribution < -0.4 is 0 Å². The van der Waals surface area contributed by atoms with E-state index in [0.29, 0.717) is 23.0 Å². The highest BCUT2D eigenvalue weighted by Crippen LogP contribution is 2.26. The summed E-state index contributed by atoms with van der Waals surface area (Å²) in [5.41, 5.74) is 1.20. The number of phenolic OH excluding ortho intramolecular Hbond substituents is 1. The SMILES string of the molecule is CCc1nc(-c2cc(O)cc(F)c2)nc(Cl)c1I. The summed E-state index contributed by atoms with van der Waals surface area (Å²) < 4.78 is 14.0. The first-order valence-electron chi connectivity index (χ1n) is 5.23. The number of nitrogens with zero attached hydrogens (tertiary/aromatic N) is 2. The van der Waals surface area contributed by atoms with Crippen LogP contribution in [0.25, 0.3) is 11.4 Å². The Balaban J connectivity index is 2.60. The van der Waals surface area contributed by atoms with Crippen LogP contribution in [0.1, 0.15) is 12.6 Å². The van der Waals surface area contributed by atoms with Crippen LogP contribution in [0.5, 0.6) is 5.75 Å². The molecule has 0 fully saturated rings. The van der Waals surface area contributed by atoms with Gasteiger partial charge in [0.1, 0.15) is 16.7 Å². The summed E-state index contributed by atoms with van der Waals surface area (Å²) in [5.74, 6) is -0.394. The third kappa shape index (κ3) is 2.72. The Kier molecular flexibility index (Phi) is 4.01. The molecule has 0 spiro atoms. The number of hydrogen-bond donors (Lipinski definition) is 1. The molecule has 0 atom stereocenters. The number of benzene rings is 1. The molecule has 94 valence electrons. The van der Waals surface area contributed by atoms with Crippen molar-refractivity contribution in [1.82, 2.24) is 9.97 Å². The molecule has 3 nitrogen and oxygen atoms in total. The maximum atomic E-state index is 13.2. The molecule has 1 N–H and O–H groups in total. The number of rotatable bonds is 2. The molecular formula is C12H9ClFIN2O. The van der Waals surface area contributed by atoms with Gasteiger partial charge in [-0.2, -0.15) is 0 Å². The monoisotopic (exact) mass is 378 g/mol. The summed E-state index contributed by atoms with van der Waals surface area (Å²) >= 11 is 8.09. The number of phenols is 1. The molecular weight excluding hydrogens is 370 g/mol. The van der Waals surface area contributed by atoms with Crippen LogP contribution in [0, 0.1) is 9.39 Å². The van der Waals surface area contributed by atoms with Gasteiger partial charge in [-0.1, -0.05) is 18.5 Å². The largest absolute Gasteiger partial charge is 0.508 e. The summed E-state index contributed by atoms with van der Waals surface area (Å²) in [6, 6.07) is 3.69. The summed E-state index contributed by atoms with van der Waals surface area (Å²) in [5, 5.41) is 9.71. The second kappa shape index (κ2) is 5.36. The standard InChI is InChI=1S/C12H9ClFIN2O/c1-2-9-10(15)11(13)17-12(16-9)6-3-7(14)5-8(18)4-6/h3-5,18H,2H2,1H3. The predicted molar refractivity (Wildman–Crippen MR) is 76.2 cm³/mol. The van der Waals surface area contributed by atoms with Crippen molar-refractivity contribution in [1.29, 1.82) is 0 Å². The summed E-state index contributed by atoms with van der Waals surface area (Å²) in [7, 11) is 0. The van der Waals surface area contributed by atoms with Crippen molar-refractivity contribution in [3.8, 4) is 17.1 Å². The molecule has 18 heavy (non-hydrogen) atoms. The van der Waals surface area contributed by atoms with E-state index in [9.17, 15) is 9.50 Å². The molecule has 0 unspecified atom stereocenters. The molecule has 0 aliphatic carbocycles. The maximum absolute atomic E-state index is 13.2. The van der Waals surface area contributed by atoms with E-state index in [1.165, 1.54) is 12.1 Å². The Hall–Kier alpha value is -0.950. The lowest BCUT2D eigenvalue weighted by molar-refractivity contribution is 0.469. The van der Waals surface area contributed by atoms with Crippen LogP contribution in [0.4, 0.5) is 4.39 Å². The minimum Gasteiger partial charge on any atom is -0.508 e. The van der Waals surface area contributed by atoms with Crippen molar-refractivity contribution in [3.63, 3.8) is 0 Å². The zero-order valence-electron chi connectivity index (χ0n) is 9.41. The maximum Gasteiger partial charge on any atom is 0.161 e. The normalized spacial score (nSPS) is 10.7. The van der Waals surface area contributed by atoms with Gasteiger partial charge < -0.3 is 5.11 Å². The zero-order chi connectivity index (χ0) is 13.3. The van der Waals surface area contributed by atoms with E-state index in [2.05, 4.69) is 32.6 Å². The van der Waals surface area contributed by atoms with E-state index in [1.54, 1.807) is 0 Å². The summed E-state index contributed by atoms with van der Waals surface area (Å²) in [6.07, 6.45) is 0.703. The molecule has 6 heteroatoms. The third-order valence-corrected chi connectivity index (χ3v) is 4.08. The highest BCUT2D eigenvalue weighted by atomic mass is 127. The lowest BCUT2D eigenvalue weighted by atomic mass is 10.2. The molecule has 0 saturated carbocycles. The van der Waals surface area contributed by atoms with Gasteiger partial charge in [0, 0.05) is 11.6 Å². The van der Waals surface area contributed by atoms with Crippen molar-refractivity contribution in [2.24, 2.45) is 0 Å². The van der Waals surface area contributed by atoms with Crippen molar-refractivity contribution < 1.29 is 9.50 Å². The molecule has 0 saturated heterocycles. The fourth-order valence-corrected chi connectivity index (χ4v) is 2.34. The molecule has 0 amide bonds. The van der Waals surface area contributed by atoms with Crippen molar-refractivity contribution in [2.75, 3.05) is 0 Å². The molecule has 1 aromatic heterocycles. The Labute approximate surface area is 122 Å². The third-order valence-electron chi connectivity index (χ3n) is 2.36. The lowest BCUT2D eigenvalue weighted by Crippen LogP contribution is -1.99. The Morgan fingerprint density at radius 3 is 2.67 bits per heavy atom. The van der Waals surface area contributed by atoms with Crippen LogP contribution in [-0.2, 0) is 6.42 Å². The van der Waals surface area contributed by atoms with Gasteiger partial charge in [0.05, 0.1) is 9.26 Å². The fraction of sp³-hybridized carbons (Fsp3) is 0.167. The topological polar surface area (TPSA) is 46.0 Å². The van der Waals surface area contributed by atoms with Crippen molar-refractivity contribution >= 4 is 34.2 Å². The molecule has 2 aromatic rings. The molecule has 0 aliphatic heterocycles. The second-order valence-electron chi connectivity index (χ2n) is 3.65. The first-order chi connectivity index (χ1) is 8.51. The van der Waals surface area contributed by atoms with Gasteiger partial charge in [-0.15, -0.1) is 0 Å². The summed E-state index contributed by atoms with van der Waals surface area (Å²) in [6.45, 7) is 1.95. The quantitative estimate of drug-likeness (QED) is 0.638. The molecule has 0 aliphatic rings. The Morgan fingerprint density at radius 1 is 1.33 bits per heavy atom. The number of aromatic nitrogens is 2. The average molecular weight is 379 g/mol. The van der Waals surface area contributed by atoms with E-state index in [-0.39, 0.29) is 5.75 Å². The lowest BCUT2D eigenvalue weighted by Gasteiger charge is -2.07. The van der Waals surface area contributed by atoms with Crippen molar-refractivity contribution in [3.05, 3.63) is 38.4 Å². The number of hydrogen-bond acceptors (Lipinski definition) is 3. The van der Waals surface area contributed by atoms with E-state index < -0.39 is 5.82 Å². The minimum atomic E-state index is -0.540. The molecule has 1 aromatic carbocycles. The van der Waals surface area contributed by atoms with Gasteiger partial charge in [-0.05, 0) is 41.1 Å². The van der Waals surface area contributed by atoms with E-state index >= 15 is 0 Å². The molecule has 2 rings (SSSR count). The molecule has 0 radical (unpaired) electrons. The highest BCUT2D eigenvalue weighted by Gasteiger charge is 2.12. The first kappa shape index (κ1) is 13.5. The average Bonchev–Trinajstić information content (AvgIpc) is 2.31. The summed E-state index contributed by atoms with van der Waals surface area (Å²) in [4.78, 5) is 8.43. The molecule has 1 heterocycles. The van der Waals surface area contributed by atoms with Gasteiger partial charge in [-0.3, -0.25) is 0 Å². The van der Waals surface area contributed by atoms with Gasteiger partial charge in [0.25, 0.3) is 0 Å². The highest BCUT2D eigenvalue weighted by molar-refractivity contribution is 14.1. The molecule has 0 bridgehead atoms. The van der Waals surface area contributed by atoms with Gasteiger partial charge in [0.15, 0.2) is 5.82 Å². The van der Waals surface area contributed by atoms with Crippen LogP contribution in [-0.4, -0.2) is 15.1 Å². The first-order valence-corrected chi connectivity index (χ1v) is 6.68. The van der Waals surface area contributed by atoms with E-state index in [4.69, 9.17) is 11.6 Å². The van der Waals surface area contributed by atoms with Crippen LogP contribution in [0.3, 0.4) is 0 Å². The van der Waals surface area contributed by atoms with Crippen LogP contribution in [0.15, 0.2) is 18.2 Å². The smallest absolute Gasteiger partial charge is 0.161 e. The van der Waals surface area contributed by atoms with Crippen molar-refractivity contribution in [2.45, 2.75) is 13.3 Å². The zero-order valence-corrected chi connectivity index (χ0v) is 12.3. The van der Waals surface area contributed by atoms with Crippen LogP contribution >= 0.6 is 34.2 Å². The Bertz CT molecular complexity index is 587. The Morgan fingerprint density at radius 2 is 2.06 bits per heavy atom.